The van der Waals surface area contributed by atoms with E-state index in [0.29, 0.717) is 11.6 Å². The topological polar surface area (TPSA) is 62.6 Å². The monoisotopic (exact) mass is 281 g/mol. The standard InChI is InChI=1S/C15H15N5O/c1-3-11-13(17-5-1)15(20-9-7-16-8-10-20)19-14-12(21-11)4-2-6-18-14/h1-6,16H,7-10H2. The van der Waals surface area contributed by atoms with Crippen LogP contribution in [0.3, 0.4) is 0 Å². The van der Waals surface area contributed by atoms with Gasteiger partial charge in [-0.1, -0.05) is 0 Å². The molecule has 0 spiro atoms. The van der Waals surface area contributed by atoms with Crippen molar-refractivity contribution >= 4 is 11.7 Å². The zero-order valence-corrected chi connectivity index (χ0v) is 11.5. The van der Waals surface area contributed by atoms with E-state index in [9.17, 15) is 0 Å². The number of ether oxygens (including phenoxy) is 1. The molecular weight excluding hydrogens is 266 g/mol. The van der Waals surface area contributed by atoms with E-state index in [2.05, 4.69) is 20.2 Å². The van der Waals surface area contributed by atoms with Crippen LogP contribution in [0, 0.1) is 0 Å². The fourth-order valence-electron chi connectivity index (χ4n) is 2.56. The molecule has 21 heavy (non-hydrogen) atoms. The van der Waals surface area contributed by atoms with Gasteiger partial charge in [-0.3, -0.25) is 0 Å². The number of fused-ring (bicyclic) bond motifs is 2. The van der Waals surface area contributed by atoms with Crippen molar-refractivity contribution in [3.05, 3.63) is 42.4 Å². The van der Waals surface area contributed by atoms with Gasteiger partial charge in [0.25, 0.3) is 0 Å². The Labute approximate surface area is 122 Å². The van der Waals surface area contributed by atoms with Crippen LogP contribution >= 0.6 is 0 Å². The molecule has 106 valence electrons. The highest BCUT2D eigenvalue weighted by Gasteiger charge is 2.25. The van der Waals surface area contributed by atoms with Crippen LogP contribution in [0.25, 0.3) is 0 Å². The number of hydrogen-bond donors (Lipinski definition) is 1. The summed E-state index contributed by atoms with van der Waals surface area (Å²) in [6.07, 6.45) is 3.49. The van der Waals surface area contributed by atoms with E-state index in [1.165, 1.54) is 0 Å². The summed E-state index contributed by atoms with van der Waals surface area (Å²) in [6, 6.07) is 7.52. The Morgan fingerprint density at radius 3 is 2.62 bits per heavy atom. The molecule has 6 heteroatoms. The molecule has 2 aliphatic rings. The summed E-state index contributed by atoms with van der Waals surface area (Å²) in [7, 11) is 0. The van der Waals surface area contributed by atoms with Crippen molar-refractivity contribution in [3.63, 3.8) is 0 Å². The van der Waals surface area contributed by atoms with Crippen molar-refractivity contribution in [1.29, 1.82) is 0 Å². The third kappa shape index (κ3) is 2.23. The summed E-state index contributed by atoms with van der Waals surface area (Å²) in [5.74, 6) is 2.83. The predicted molar refractivity (Wildman–Crippen MR) is 79.2 cm³/mol. The second kappa shape index (κ2) is 5.14. The van der Waals surface area contributed by atoms with E-state index in [1.54, 1.807) is 12.4 Å². The number of amidine groups is 1. The van der Waals surface area contributed by atoms with E-state index in [1.807, 2.05) is 24.3 Å². The molecule has 0 bridgehead atoms. The van der Waals surface area contributed by atoms with Gasteiger partial charge in [0.15, 0.2) is 23.2 Å². The van der Waals surface area contributed by atoms with Gasteiger partial charge >= 0.3 is 0 Å². The fraction of sp³-hybridized carbons (Fsp3) is 0.267. The Kier molecular flexibility index (Phi) is 3.01. The van der Waals surface area contributed by atoms with Crippen LogP contribution in [0.1, 0.15) is 5.69 Å². The summed E-state index contributed by atoms with van der Waals surface area (Å²) in [5, 5.41) is 3.35. The van der Waals surface area contributed by atoms with Crippen LogP contribution in [-0.4, -0.2) is 46.9 Å². The van der Waals surface area contributed by atoms with Gasteiger partial charge in [-0.2, -0.15) is 0 Å². The van der Waals surface area contributed by atoms with Gasteiger partial charge in [0.2, 0.25) is 0 Å². The van der Waals surface area contributed by atoms with Gasteiger partial charge in [-0.25, -0.2) is 15.0 Å². The van der Waals surface area contributed by atoms with Gasteiger partial charge in [0, 0.05) is 38.6 Å². The number of nitrogens with one attached hydrogen (secondary N) is 1. The molecule has 0 atom stereocenters. The highest BCUT2D eigenvalue weighted by molar-refractivity contribution is 6.01. The molecule has 4 rings (SSSR count). The average Bonchev–Trinajstić information content (AvgIpc) is 2.72. The molecule has 6 nitrogen and oxygen atoms in total. The molecule has 0 saturated carbocycles. The zero-order valence-electron chi connectivity index (χ0n) is 11.5. The molecule has 0 aliphatic carbocycles. The Hall–Kier alpha value is -2.47. The molecule has 0 unspecified atom stereocenters. The first-order chi connectivity index (χ1) is 10.4. The van der Waals surface area contributed by atoms with Gasteiger partial charge in [0.05, 0.1) is 0 Å². The highest BCUT2D eigenvalue weighted by atomic mass is 16.5. The van der Waals surface area contributed by atoms with E-state index in [0.717, 1.165) is 43.5 Å². The average molecular weight is 281 g/mol. The molecule has 1 fully saturated rings. The summed E-state index contributed by atoms with van der Waals surface area (Å²) in [5.41, 5.74) is 0.775. The Bertz CT molecular complexity index is 694. The predicted octanol–water partition coefficient (Wildman–Crippen LogP) is 1.57. The van der Waals surface area contributed by atoms with Crippen molar-refractivity contribution in [2.45, 2.75) is 0 Å². The van der Waals surface area contributed by atoms with Crippen LogP contribution in [-0.2, 0) is 0 Å². The lowest BCUT2D eigenvalue weighted by Crippen LogP contribution is -2.46. The summed E-state index contributed by atoms with van der Waals surface area (Å²) in [4.78, 5) is 15.8. The smallest absolute Gasteiger partial charge is 0.197 e. The molecule has 2 aliphatic heterocycles. The number of hydrogen-bond acceptors (Lipinski definition) is 6. The number of aliphatic imine (C=N–C) groups is 1. The van der Waals surface area contributed by atoms with Crippen LogP contribution < -0.4 is 10.1 Å². The molecule has 0 amide bonds. The van der Waals surface area contributed by atoms with E-state index in [4.69, 9.17) is 9.73 Å². The third-order valence-electron chi connectivity index (χ3n) is 3.58. The number of rotatable bonds is 0. The first-order valence-corrected chi connectivity index (χ1v) is 7.04. The molecule has 0 aromatic carbocycles. The Morgan fingerprint density at radius 1 is 1.00 bits per heavy atom. The maximum absolute atomic E-state index is 5.94. The van der Waals surface area contributed by atoms with Gasteiger partial charge < -0.3 is 15.0 Å². The number of piperazine rings is 1. The number of nitrogens with zero attached hydrogens (tertiary/aromatic N) is 4. The lowest BCUT2D eigenvalue weighted by molar-refractivity contribution is 0.357. The summed E-state index contributed by atoms with van der Waals surface area (Å²) >= 11 is 0. The van der Waals surface area contributed by atoms with E-state index >= 15 is 0 Å². The SMILES string of the molecule is c1cnc2c(c1)Oc1cccnc1C(N1CCNCC1)=N2. The second-order valence-electron chi connectivity index (χ2n) is 4.95. The molecule has 1 saturated heterocycles. The fourth-order valence-corrected chi connectivity index (χ4v) is 2.56. The van der Waals surface area contributed by atoms with Gasteiger partial charge in [-0.15, -0.1) is 0 Å². The summed E-state index contributed by atoms with van der Waals surface area (Å²) < 4.78 is 5.94. The Balaban J connectivity index is 1.87. The lowest BCUT2D eigenvalue weighted by atomic mass is 10.2. The van der Waals surface area contributed by atoms with Crippen molar-refractivity contribution in [2.24, 2.45) is 4.99 Å². The van der Waals surface area contributed by atoms with Crippen LogP contribution in [0.2, 0.25) is 0 Å². The normalized spacial score (nSPS) is 17.1. The first-order valence-electron chi connectivity index (χ1n) is 7.04. The lowest BCUT2D eigenvalue weighted by Gasteiger charge is -2.29. The van der Waals surface area contributed by atoms with Crippen molar-refractivity contribution in [1.82, 2.24) is 20.2 Å². The molecule has 0 radical (unpaired) electrons. The zero-order chi connectivity index (χ0) is 14.1. The quantitative estimate of drug-likeness (QED) is 0.794. The first kappa shape index (κ1) is 12.3. The molecule has 2 aromatic heterocycles. The second-order valence-corrected chi connectivity index (χ2v) is 4.95. The van der Waals surface area contributed by atoms with Crippen LogP contribution in [0.5, 0.6) is 11.5 Å². The molecular formula is C15H15N5O. The molecule has 4 heterocycles. The van der Waals surface area contributed by atoms with Gasteiger partial charge in [-0.05, 0) is 24.3 Å². The summed E-state index contributed by atoms with van der Waals surface area (Å²) in [6.45, 7) is 3.68. The van der Waals surface area contributed by atoms with Gasteiger partial charge in [0.1, 0.15) is 5.69 Å². The minimum absolute atomic E-state index is 0.601. The number of pyridine rings is 2. The van der Waals surface area contributed by atoms with Crippen molar-refractivity contribution < 1.29 is 4.74 Å². The molecule has 2 aromatic rings. The van der Waals surface area contributed by atoms with Crippen molar-refractivity contribution in [3.8, 4) is 11.5 Å². The minimum Gasteiger partial charge on any atom is -0.451 e. The van der Waals surface area contributed by atoms with E-state index in [-0.39, 0.29) is 0 Å². The van der Waals surface area contributed by atoms with Crippen LogP contribution in [0.15, 0.2) is 41.7 Å². The third-order valence-corrected chi connectivity index (χ3v) is 3.58. The maximum atomic E-state index is 5.94. The minimum atomic E-state index is 0.601. The Morgan fingerprint density at radius 2 is 1.76 bits per heavy atom. The highest BCUT2D eigenvalue weighted by Crippen LogP contribution is 2.35. The largest absolute Gasteiger partial charge is 0.451 e. The number of aromatic nitrogens is 2. The van der Waals surface area contributed by atoms with Crippen molar-refractivity contribution in [2.75, 3.05) is 26.2 Å². The van der Waals surface area contributed by atoms with E-state index < -0.39 is 0 Å². The van der Waals surface area contributed by atoms with Crippen LogP contribution in [0.4, 0.5) is 5.82 Å². The maximum Gasteiger partial charge on any atom is 0.197 e. The molecule has 1 N–H and O–H groups in total.